The van der Waals surface area contributed by atoms with E-state index < -0.39 is 0 Å². The number of H-pyrrole nitrogens is 1. The van der Waals surface area contributed by atoms with Crippen LogP contribution in [0.2, 0.25) is 0 Å². The first-order valence-electron chi connectivity index (χ1n) is 4.26. The topological polar surface area (TPSA) is 72.0 Å². The van der Waals surface area contributed by atoms with Crippen molar-refractivity contribution >= 4 is 5.69 Å². The molecule has 0 saturated heterocycles. The van der Waals surface area contributed by atoms with Crippen LogP contribution in [0.5, 0.6) is 0 Å². The van der Waals surface area contributed by atoms with Crippen LogP contribution in [0.25, 0.3) is 0 Å². The van der Waals surface area contributed by atoms with Gasteiger partial charge in [-0.25, -0.2) is 9.95 Å². The van der Waals surface area contributed by atoms with Crippen molar-refractivity contribution in [1.82, 2.24) is 5.16 Å². The van der Waals surface area contributed by atoms with E-state index in [1.165, 1.54) is 6.07 Å². The van der Waals surface area contributed by atoms with E-state index in [1.54, 1.807) is 0 Å². The molecule has 72 valence electrons. The molecule has 1 heterocycles. The van der Waals surface area contributed by atoms with Crippen molar-refractivity contribution in [2.45, 2.75) is 6.42 Å². The summed E-state index contributed by atoms with van der Waals surface area (Å²) >= 11 is 0. The first-order valence-corrected chi connectivity index (χ1v) is 4.26. The molecule has 4 heteroatoms. The number of nitrogens with two attached hydrogens (primary N) is 1. The maximum absolute atomic E-state index is 10.7. The smallest absolute Gasteiger partial charge is 0.357 e. The molecule has 0 unspecified atom stereocenters. The van der Waals surface area contributed by atoms with Crippen LogP contribution in [-0.2, 0) is 6.42 Å². The number of anilines is 1. The standard InChI is InChI=1S/C10H10N2O2/c11-8-3-1-2-7(4-8)5-9-6-10(13)14-12-9/h1-4,6,12H,5,11H2. The third kappa shape index (κ3) is 1.85. The van der Waals surface area contributed by atoms with Crippen molar-refractivity contribution in [3.63, 3.8) is 0 Å². The molecule has 0 spiro atoms. The Morgan fingerprint density at radius 3 is 2.86 bits per heavy atom. The van der Waals surface area contributed by atoms with Crippen LogP contribution < -0.4 is 11.4 Å². The average Bonchev–Trinajstić information content (AvgIpc) is 2.51. The van der Waals surface area contributed by atoms with Crippen molar-refractivity contribution in [3.05, 3.63) is 52.0 Å². The Kier molecular flexibility index (Phi) is 2.10. The van der Waals surface area contributed by atoms with Gasteiger partial charge in [-0.2, -0.15) is 0 Å². The van der Waals surface area contributed by atoms with Crippen LogP contribution >= 0.6 is 0 Å². The van der Waals surface area contributed by atoms with Gasteiger partial charge in [0.05, 0.1) is 5.69 Å². The second-order valence-electron chi connectivity index (χ2n) is 3.11. The highest BCUT2D eigenvalue weighted by atomic mass is 16.5. The molecule has 0 atom stereocenters. The zero-order chi connectivity index (χ0) is 9.97. The normalized spacial score (nSPS) is 10.3. The molecule has 2 rings (SSSR count). The van der Waals surface area contributed by atoms with Crippen molar-refractivity contribution in [3.8, 4) is 0 Å². The first-order chi connectivity index (χ1) is 6.74. The summed E-state index contributed by atoms with van der Waals surface area (Å²) in [5.74, 6) is 0. The van der Waals surface area contributed by atoms with E-state index >= 15 is 0 Å². The van der Waals surface area contributed by atoms with Crippen LogP contribution in [0.1, 0.15) is 11.3 Å². The molecule has 0 aliphatic heterocycles. The van der Waals surface area contributed by atoms with Gasteiger partial charge in [0, 0.05) is 18.2 Å². The Bertz CT molecular complexity index is 485. The monoisotopic (exact) mass is 190 g/mol. The van der Waals surface area contributed by atoms with Crippen LogP contribution in [0.15, 0.2) is 39.6 Å². The number of hydrogen-bond donors (Lipinski definition) is 2. The molecule has 0 aliphatic rings. The number of nitrogen functional groups attached to an aromatic ring is 1. The van der Waals surface area contributed by atoms with Crippen LogP contribution in [0.3, 0.4) is 0 Å². The van der Waals surface area contributed by atoms with Gasteiger partial charge in [-0.3, -0.25) is 0 Å². The lowest BCUT2D eigenvalue weighted by atomic mass is 10.1. The summed E-state index contributed by atoms with van der Waals surface area (Å²) in [6.45, 7) is 0. The highest BCUT2D eigenvalue weighted by molar-refractivity contribution is 5.41. The van der Waals surface area contributed by atoms with E-state index in [2.05, 4.69) is 9.68 Å². The largest absolute Gasteiger partial charge is 0.399 e. The summed E-state index contributed by atoms with van der Waals surface area (Å²) in [6.07, 6.45) is 0.622. The molecule has 3 N–H and O–H groups in total. The van der Waals surface area contributed by atoms with Gasteiger partial charge in [0.1, 0.15) is 0 Å². The Balaban J connectivity index is 2.22. The second-order valence-corrected chi connectivity index (χ2v) is 3.11. The number of benzene rings is 1. The number of hydrogen-bond acceptors (Lipinski definition) is 3. The third-order valence-electron chi connectivity index (χ3n) is 1.92. The summed E-state index contributed by atoms with van der Waals surface area (Å²) < 4.78 is 4.56. The summed E-state index contributed by atoms with van der Waals surface area (Å²) in [7, 11) is 0. The molecular formula is C10H10N2O2. The Hall–Kier alpha value is -1.97. The first kappa shape index (κ1) is 8.62. The van der Waals surface area contributed by atoms with Gasteiger partial charge >= 0.3 is 5.63 Å². The summed E-state index contributed by atoms with van der Waals surface area (Å²) in [4.78, 5) is 10.7. The number of rotatable bonds is 2. The summed E-state index contributed by atoms with van der Waals surface area (Å²) in [5, 5.41) is 2.55. The summed E-state index contributed by atoms with van der Waals surface area (Å²) in [6, 6.07) is 8.95. The average molecular weight is 190 g/mol. The second kappa shape index (κ2) is 3.41. The molecule has 1 aromatic carbocycles. The SMILES string of the molecule is Nc1cccc(Cc2cc(=O)o[nH]2)c1. The third-order valence-corrected chi connectivity index (χ3v) is 1.92. The molecule has 14 heavy (non-hydrogen) atoms. The molecule has 0 radical (unpaired) electrons. The fourth-order valence-corrected chi connectivity index (χ4v) is 1.33. The van der Waals surface area contributed by atoms with E-state index in [1.807, 2.05) is 24.3 Å². The minimum Gasteiger partial charge on any atom is -0.399 e. The molecule has 2 aromatic rings. The van der Waals surface area contributed by atoms with E-state index in [9.17, 15) is 4.79 Å². The zero-order valence-electron chi connectivity index (χ0n) is 7.49. The molecule has 0 aliphatic carbocycles. The molecule has 0 amide bonds. The van der Waals surface area contributed by atoms with Gasteiger partial charge in [-0.05, 0) is 17.7 Å². The van der Waals surface area contributed by atoms with Crippen molar-refractivity contribution in [1.29, 1.82) is 0 Å². The Morgan fingerprint density at radius 1 is 1.36 bits per heavy atom. The maximum atomic E-state index is 10.7. The van der Waals surface area contributed by atoms with E-state index in [-0.39, 0.29) is 5.63 Å². The van der Waals surface area contributed by atoms with Gasteiger partial charge in [0.25, 0.3) is 0 Å². The maximum Gasteiger partial charge on any atom is 0.357 e. The Labute approximate surface area is 80.3 Å². The van der Waals surface area contributed by atoms with Crippen molar-refractivity contribution in [2.24, 2.45) is 0 Å². The van der Waals surface area contributed by atoms with Crippen molar-refractivity contribution in [2.75, 3.05) is 5.73 Å². The quantitative estimate of drug-likeness (QED) is 0.697. The summed E-state index contributed by atoms with van der Waals surface area (Å²) in [5.41, 5.74) is 7.77. The molecule has 0 fully saturated rings. The van der Waals surface area contributed by atoms with Gasteiger partial charge in [-0.1, -0.05) is 12.1 Å². The van der Waals surface area contributed by atoms with Gasteiger partial charge in [0.2, 0.25) is 0 Å². The molecular weight excluding hydrogens is 180 g/mol. The van der Waals surface area contributed by atoms with E-state index in [0.29, 0.717) is 12.1 Å². The number of nitrogens with one attached hydrogen (secondary N) is 1. The van der Waals surface area contributed by atoms with Crippen LogP contribution in [0, 0.1) is 0 Å². The molecule has 4 nitrogen and oxygen atoms in total. The number of aromatic nitrogens is 1. The molecule has 0 bridgehead atoms. The van der Waals surface area contributed by atoms with Gasteiger partial charge in [-0.15, -0.1) is 0 Å². The molecule has 0 saturated carbocycles. The van der Waals surface area contributed by atoms with Crippen LogP contribution in [-0.4, -0.2) is 5.16 Å². The molecule has 1 aromatic heterocycles. The zero-order valence-corrected chi connectivity index (χ0v) is 7.49. The predicted molar refractivity (Wildman–Crippen MR) is 53.0 cm³/mol. The lowest BCUT2D eigenvalue weighted by Crippen LogP contribution is -1.91. The van der Waals surface area contributed by atoms with E-state index in [0.717, 1.165) is 11.3 Å². The lowest BCUT2D eigenvalue weighted by Gasteiger charge is -1.98. The fourth-order valence-electron chi connectivity index (χ4n) is 1.33. The Morgan fingerprint density at radius 2 is 2.21 bits per heavy atom. The lowest BCUT2D eigenvalue weighted by molar-refractivity contribution is 0.386. The van der Waals surface area contributed by atoms with E-state index in [4.69, 9.17) is 5.73 Å². The number of aromatic amines is 1. The van der Waals surface area contributed by atoms with Gasteiger partial charge < -0.3 is 10.3 Å². The van der Waals surface area contributed by atoms with Crippen LogP contribution in [0.4, 0.5) is 5.69 Å². The van der Waals surface area contributed by atoms with Gasteiger partial charge in [0.15, 0.2) is 0 Å². The minimum absolute atomic E-state index is 0.357. The minimum atomic E-state index is -0.357. The highest BCUT2D eigenvalue weighted by Crippen LogP contribution is 2.09. The van der Waals surface area contributed by atoms with Crippen molar-refractivity contribution < 1.29 is 4.52 Å². The highest BCUT2D eigenvalue weighted by Gasteiger charge is 2.00. The predicted octanol–water partition coefficient (Wildman–Crippen LogP) is 1.14. The fraction of sp³-hybridized carbons (Fsp3) is 0.100.